The molecule has 2 aromatic rings. The van der Waals surface area contributed by atoms with Gasteiger partial charge in [0.05, 0.1) is 11.4 Å². The van der Waals surface area contributed by atoms with Crippen molar-refractivity contribution in [2.45, 2.75) is 18.7 Å². The first kappa shape index (κ1) is 14.8. The number of benzene rings is 1. The Morgan fingerprint density at radius 1 is 1.35 bits per heavy atom. The minimum absolute atomic E-state index is 0.00239. The maximum atomic E-state index is 13.4. The molecule has 1 N–H and O–H groups in total. The molecule has 5 nitrogen and oxygen atoms in total. The number of nitrogens with one attached hydrogen (secondary N) is 1. The van der Waals surface area contributed by atoms with Gasteiger partial charge in [0.2, 0.25) is 0 Å². The molecule has 0 spiro atoms. The predicted molar refractivity (Wildman–Crippen MR) is 74.9 cm³/mol. The summed E-state index contributed by atoms with van der Waals surface area (Å²) < 4.78 is 41.6. The topological polar surface area (TPSA) is 64.0 Å². The monoisotopic (exact) mass is 317 g/mol. The smallest absolute Gasteiger partial charge is 0.266 e. The van der Waals surface area contributed by atoms with E-state index in [4.69, 9.17) is 11.6 Å². The molecule has 0 saturated carbocycles. The summed E-state index contributed by atoms with van der Waals surface area (Å²) in [4.78, 5) is -0.109. The van der Waals surface area contributed by atoms with Gasteiger partial charge in [0.15, 0.2) is 0 Å². The van der Waals surface area contributed by atoms with Crippen molar-refractivity contribution in [1.82, 2.24) is 9.78 Å². The van der Waals surface area contributed by atoms with E-state index in [-0.39, 0.29) is 21.4 Å². The number of hydrogen-bond acceptors (Lipinski definition) is 3. The summed E-state index contributed by atoms with van der Waals surface area (Å²) in [5, 5.41) is 3.94. The van der Waals surface area contributed by atoms with E-state index in [9.17, 15) is 12.8 Å². The molecule has 1 heterocycles. The second-order valence-electron chi connectivity index (χ2n) is 4.40. The Kier molecular flexibility index (Phi) is 3.75. The number of anilines is 1. The van der Waals surface area contributed by atoms with Gasteiger partial charge in [0, 0.05) is 7.05 Å². The van der Waals surface area contributed by atoms with Crippen LogP contribution in [-0.2, 0) is 17.1 Å². The molecule has 0 aliphatic carbocycles. The molecule has 20 heavy (non-hydrogen) atoms. The van der Waals surface area contributed by atoms with Crippen molar-refractivity contribution < 1.29 is 12.8 Å². The molecule has 108 valence electrons. The Hall–Kier alpha value is -1.60. The van der Waals surface area contributed by atoms with Crippen molar-refractivity contribution in [2.75, 3.05) is 4.72 Å². The molecule has 0 aliphatic rings. The van der Waals surface area contributed by atoms with Gasteiger partial charge in [-0.25, -0.2) is 12.8 Å². The lowest BCUT2D eigenvalue weighted by Crippen LogP contribution is -2.14. The number of nitrogens with zero attached hydrogens (tertiary/aromatic N) is 2. The van der Waals surface area contributed by atoms with Crippen LogP contribution in [0.3, 0.4) is 0 Å². The third kappa shape index (κ3) is 2.64. The molecule has 0 amide bonds. The zero-order valence-corrected chi connectivity index (χ0v) is 12.7. The first-order valence-corrected chi connectivity index (χ1v) is 7.56. The van der Waals surface area contributed by atoms with Crippen LogP contribution in [-0.4, -0.2) is 18.2 Å². The second-order valence-corrected chi connectivity index (χ2v) is 6.38. The standard InChI is InChI=1S/C12H13ClFN3O2S/c1-7-4-5-9(6-10(7)14)16-20(18,19)11-8(2)15-17(3)12(11)13/h4-6,16H,1-3H3. The number of aromatic nitrogens is 2. The van der Waals surface area contributed by atoms with E-state index in [2.05, 4.69) is 9.82 Å². The number of hydrogen-bond donors (Lipinski definition) is 1. The van der Waals surface area contributed by atoms with Crippen LogP contribution in [0.15, 0.2) is 23.1 Å². The van der Waals surface area contributed by atoms with Crippen LogP contribution in [0.4, 0.5) is 10.1 Å². The maximum Gasteiger partial charge on any atom is 0.266 e. The molecule has 1 aromatic heterocycles. The molecule has 2 rings (SSSR count). The SMILES string of the molecule is Cc1ccc(NS(=O)(=O)c2c(C)nn(C)c2Cl)cc1F. The molecular formula is C12H13ClFN3O2S. The van der Waals surface area contributed by atoms with Gasteiger partial charge in [-0.05, 0) is 31.5 Å². The minimum atomic E-state index is -3.92. The van der Waals surface area contributed by atoms with Gasteiger partial charge in [0.25, 0.3) is 10.0 Å². The molecule has 1 aromatic carbocycles. The summed E-state index contributed by atoms with van der Waals surface area (Å²) in [5.74, 6) is -0.487. The van der Waals surface area contributed by atoms with Gasteiger partial charge >= 0.3 is 0 Å². The highest BCUT2D eigenvalue weighted by Gasteiger charge is 2.25. The van der Waals surface area contributed by atoms with Gasteiger partial charge in [0.1, 0.15) is 15.9 Å². The third-order valence-corrected chi connectivity index (χ3v) is 4.87. The van der Waals surface area contributed by atoms with E-state index in [0.717, 1.165) is 6.07 Å². The van der Waals surface area contributed by atoms with Crippen LogP contribution in [0.1, 0.15) is 11.3 Å². The summed E-state index contributed by atoms with van der Waals surface area (Å²) in [5.41, 5.74) is 0.841. The highest BCUT2D eigenvalue weighted by atomic mass is 35.5. The molecule has 0 unspecified atom stereocenters. The number of aryl methyl sites for hydroxylation is 3. The minimum Gasteiger partial charge on any atom is -0.279 e. The van der Waals surface area contributed by atoms with Crippen LogP contribution in [0, 0.1) is 19.7 Å². The molecule has 8 heteroatoms. The highest BCUT2D eigenvalue weighted by Crippen LogP contribution is 2.26. The van der Waals surface area contributed by atoms with Gasteiger partial charge in [-0.3, -0.25) is 9.40 Å². The molecule has 0 fully saturated rings. The molecular weight excluding hydrogens is 305 g/mol. The van der Waals surface area contributed by atoms with Gasteiger partial charge in [-0.15, -0.1) is 0 Å². The van der Waals surface area contributed by atoms with Crippen molar-refractivity contribution >= 4 is 27.3 Å². The van der Waals surface area contributed by atoms with Crippen molar-refractivity contribution in [3.63, 3.8) is 0 Å². The Bertz CT molecular complexity index is 771. The van der Waals surface area contributed by atoms with Crippen molar-refractivity contribution in [3.05, 3.63) is 40.4 Å². The quantitative estimate of drug-likeness (QED) is 0.946. The first-order chi connectivity index (χ1) is 9.22. The summed E-state index contributed by atoms with van der Waals surface area (Å²) in [7, 11) is -2.37. The van der Waals surface area contributed by atoms with E-state index < -0.39 is 15.8 Å². The maximum absolute atomic E-state index is 13.4. The average Bonchev–Trinajstić information content (AvgIpc) is 2.58. The van der Waals surface area contributed by atoms with E-state index >= 15 is 0 Å². The zero-order valence-electron chi connectivity index (χ0n) is 11.1. The first-order valence-electron chi connectivity index (χ1n) is 5.70. The lowest BCUT2D eigenvalue weighted by atomic mass is 10.2. The fraction of sp³-hybridized carbons (Fsp3) is 0.250. The molecule has 0 aliphatic heterocycles. The van der Waals surface area contributed by atoms with E-state index in [1.54, 1.807) is 14.0 Å². The van der Waals surface area contributed by atoms with Crippen LogP contribution < -0.4 is 4.72 Å². The zero-order chi connectivity index (χ0) is 15.1. The summed E-state index contributed by atoms with van der Waals surface area (Å²) >= 11 is 5.93. The Balaban J connectivity index is 2.43. The lowest BCUT2D eigenvalue weighted by molar-refractivity contribution is 0.600. The van der Waals surface area contributed by atoms with Crippen LogP contribution in [0.2, 0.25) is 5.15 Å². The van der Waals surface area contributed by atoms with Crippen molar-refractivity contribution in [2.24, 2.45) is 7.05 Å². The van der Waals surface area contributed by atoms with Crippen LogP contribution in [0.5, 0.6) is 0 Å². The summed E-state index contributed by atoms with van der Waals surface area (Å²) in [6.07, 6.45) is 0. The van der Waals surface area contributed by atoms with E-state index in [1.165, 1.54) is 23.7 Å². The third-order valence-electron chi connectivity index (χ3n) is 2.79. The fourth-order valence-corrected chi connectivity index (χ4v) is 3.58. The van der Waals surface area contributed by atoms with Crippen LogP contribution in [0.25, 0.3) is 0 Å². The second kappa shape index (κ2) is 5.06. The number of sulfonamides is 1. The largest absolute Gasteiger partial charge is 0.279 e. The van der Waals surface area contributed by atoms with Crippen molar-refractivity contribution in [3.8, 4) is 0 Å². The lowest BCUT2D eigenvalue weighted by Gasteiger charge is -2.08. The Morgan fingerprint density at radius 3 is 2.50 bits per heavy atom. The normalized spacial score (nSPS) is 11.7. The summed E-state index contributed by atoms with van der Waals surface area (Å²) in [6.45, 7) is 3.13. The highest BCUT2D eigenvalue weighted by molar-refractivity contribution is 7.92. The van der Waals surface area contributed by atoms with Crippen molar-refractivity contribution in [1.29, 1.82) is 0 Å². The predicted octanol–water partition coefficient (Wildman–Crippen LogP) is 2.63. The number of rotatable bonds is 3. The van der Waals surface area contributed by atoms with Gasteiger partial charge in [-0.1, -0.05) is 17.7 Å². The fourth-order valence-electron chi connectivity index (χ4n) is 1.78. The summed E-state index contributed by atoms with van der Waals surface area (Å²) in [6, 6.07) is 4.09. The number of halogens is 2. The molecule has 0 saturated heterocycles. The van der Waals surface area contributed by atoms with Crippen LogP contribution >= 0.6 is 11.6 Å². The Labute approximate surface area is 121 Å². The molecule has 0 atom stereocenters. The Morgan fingerprint density at radius 2 is 2.00 bits per heavy atom. The van der Waals surface area contributed by atoms with E-state index in [1.807, 2.05) is 0 Å². The molecule has 0 radical (unpaired) electrons. The molecule has 0 bridgehead atoms. The van der Waals surface area contributed by atoms with E-state index in [0.29, 0.717) is 5.56 Å². The average molecular weight is 318 g/mol. The van der Waals surface area contributed by atoms with Gasteiger partial charge < -0.3 is 0 Å². The van der Waals surface area contributed by atoms with Gasteiger partial charge in [-0.2, -0.15) is 5.10 Å².